The third-order valence-corrected chi connectivity index (χ3v) is 6.87. The number of alkyl halides is 8. The van der Waals surface area contributed by atoms with Crippen molar-refractivity contribution in [2.75, 3.05) is 0 Å². The Morgan fingerprint density at radius 3 is 1.71 bits per heavy atom. The van der Waals surface area contributed by atoms with Gasteiger partial charge in [-0.15, -0.1) is 11.6 Å². The van der Waals surface area contributed by atoms with Gasteiger partial charge in [0, 0.05) is 24.1 Å². The van der Waals surface area contributed by atoms with Gasteiger partial charge in [0.25, 0.3) is 0 Å². The first-order valence-electron chi connectivity index (χ1n) is 9.98. The molecular formula is C19H26ClF7O. The summed E-state index contributed by atoms with van der Waals surface area (Å²) in [5.74, 6) is -3.64. The lowest BCUT2D eigenvalue weighted by Crippen LogP contribution is -2.51. The Labute approximate surface area is 165 Å². The lowest BCUT2D eigenvalue weighted by Gasteiger charge is -2.43. The molecule has 3 aliphatic rings. The van der Waals surface area contributed by atoms with E-state index in [0.29, 0.717) is 12.8 Å². The van der Waals surface area contributed by atoms with Crippen molar-refractivity contribution in [1.29, 1.82) is 0 Å². The molecule has 3 aliphatic carbocycles. The van der Waals surface area contributed by atoms with Crippen molar-refractivity contribution >= 4 is 11.6 Å². The third kappa shape index (κ3) is 4.90. The summed E-state index contributed by atoms with van der Waals surface area (Å²) in [4.78, 5) is 0. The number of rotatable bonds is 4. The van der Waals surface area contributed by atoms with Crippen molar-refractivity contribution in [2.24, 2.45) is 17.8 Å². The quantitative estimate of drug-likeness (QED) is 0.371. The Balaban J connectivity index is 1.61. The van der Waals surface area contributed by atoms with Gasteiger partial charge >= 0.3 is 6.11 Å². The van der Waals surface area contributed by atoms with Crippen molar-refractivity contribution < 1.29 is 35.5 Å². The Kier molecular flexibility index (Phi) is 7.11. The minimum absolute atomic E-state index is 0.248. The van der Waals surface area contributed by atoms with Crippen LogP contribution >= 0.6 is 11.6 Å². The second kappa shape index (κ2) is 8.86. The number of hydrogen-bond acceptors (Lipinski definition) is 1. The van der Waals surface area contributed by atoms with Crippen LogP contribution in [-0.4, -0.2) is 48.4 Å². The largest absolute Gasteiger partial charge is 0.364 e. The van der Waals surface area contributed by atoms with E-state index in [4.69, 9.17) is 11.6 Å². The first-order valence-corrected chi connectivity index (χ1v) is 10.4. The zero-order valence-electron chi connectivity index (χ0n) is 15.4. The number of hydrogen-bond donors (Lipinski definition) is 0. The van der Waals surface area contributed by atoms with Crippen molar-refractivity contribution in [3.63, 3.8) is 0 Å². The second-order valence-electron chi connectivity index (χ2n) is 8.52. The van der Waals surface area contributed by atoms with Gasteiger partial charge in [-0.3, -0.25) is 0 Å². The average Bonchev–Trinajstić information content (AvgIpc) is 2.54. The Bertz CT molecular complexity index is 493. The van der Waals surface area contributed by atoms with E-state index in [9.17, 15) is 30.7 Å². The molecule has 0 N–H and O–H groups in total. The molecule has 4 atom stereocenters. The van der Waals surface area contributed by atoms with E-state index in [2.05, 4.69) is 4.74 Å². The van der Waals surface area contributed by atoms with Crippen LogP contribution < -0.4 is 0 Å². The zero-order chi connectivity index (χ0) is 20.6. The maximum atomic E-state index is 14.6. The minimum atomic E-state index is -4.18. The summed E-state index contributed by atoms with van der Waals surface area (Å²) in [5.41, 5.74) is 0. The minimum Gasteiger partial charge on any atom is -0.317 e. The summed E-state index contributed by atoms with van der Waals surface area (Å²) in [5, 5.41) is -0.877. The molecule has 0 saturated heterocycles. The van der Waals surface area contributed by atoms with E-state index >= 15 is 0 Å². The smallest absolute Gasteiger partial charge is 0.317 e. The van der Waals surface area contributed by atoms with Gasteiger partial charge in [0.15, 0.2) is 0 Å². The molecule has 28 heavy (non-hydrogen) atoms. The summed E-state index contributed by atoms with van der Waals surface area (Å²) in [6.07, 6.45) is -15.0. The standard InChI is InChI=1S/C19H26ClF7O/c20-10-5-15(24)18(16(25)6-10)19(26,27)28-12-7-13(22)17(14(23)8-12)9-1-3-11(21)4-2-9/h9-18H,1-8H2. The van der Waals surface area contributed by atoms with Crippen LogP contribution in [0.15, 0.2) is 0 Å². The fourth-order valence-corrected chi connectivity index (χ4v) is 5.46. The van der Waals surface area contributed by atoms with Gasteiger partial charge in [0.2, 0.25) is 0 Å². The molecule has 3 fully saturated rings. The molecule has 0 radical (unpaired) electrons. The maximum Gasteiger partial charge on any atom is 0.364 e. The molecule has 0 bridgehead atoms. The van der Waals surface area contributed by atoms with Gasteiger partial charge in [-0.2, -0.15) is 8.78 Å². The fraction of sp³-hybridized carbons (Fsp3) is 1.00. The van der Waals surface area contributed by atoms with Gasteiger partial charge in [-0.05, 0) is 44.4 Å². The monoisotopic (exact) mass is 438 g/mol. The first-order chi connectivity index (χ1) is 13.1. The predicted molar refractivity (Wildman–Crippen MR) is 91.3 cm³/mol. The first kappa shape index (κ1) is 22.4. The normalized spacial score (nSPS) is 48.4. The topological polar surface area (TPSA) is 9.23 Å². The molecule has 0 aromatic carbocycles. The van der Waals surface area contributed by atoms with Crippen molar-refractivity contribution in [2.45, 2.75) is 99.8 Å². The molecule has 164 valence electrons. The molecular weight excluding hydrogens is 413 g/mol. The van der Waals surface area contributed by atoms with E-state index in [1.807, 2.05) is 0 Å². The van der Waals surface area contributed by atoms with E-state index in [1.54, 1.807) is 0 Å². The van der Waals surface area contributed by atoms with E-state index in [-0.39, 0.29) is 18.8 Å². The van der Waals surface area contributed by atoms with Gasteiger partial charge in [0.05, 0.1) is 6.10 Å². The van der Waals surface area contributed by atoms with E-state index in [0.717, 1.165) is 0 Å². The molecule has 0 aromatic rings. The van der Waals surface area contributed by atoms with Crippen molar-refractivity contribution in [1.82, 2.24) is 0 Å². The van der Waals surface area contributed by atoms with Crippen LogP contribution in [0.5, 0.6) is 0 Å². The second-order valence-corrected chi connectivity index (χ2v) is 9.14. The molecule has 4 unspecified atom stereocenters. The maximum absolute atomic E-state index is 14.6. The Hall–Kier alpha value is -0.240. The highest BCUT2D eigenvalue weighted by molar-refractivity contribution is 6.20. The summed E-state index contributed by atoms with van der Waals surface area (Å²) < 4.78 is 104. The predicted octanol–water partition coefficient (Wildman–Crippen LogP) is 6.27. The van der Waals surface area contributed by atoms with Crippen LogP contribution in [0.3, 0.4) is 0 Å². The van der Waals surface area contributed by atoms with E-state index in [1.165, 1.54) is 0 Å². The molecule has 0 aliphatic heterocycles. The molecule has 0 spiro atoms. The highest BCUT2D eigenvalue weighted by Gasteiger charge is 2.56. The summed E-state index contributed by atoms with van der Waals surface area (Å²) in [7, 11) is 0. The van der Waals surface area contributed by atoms with Crippen LogP contribution in [0.4, 0.5) is 30.7 Å². The van der Waals surface area contributed by atoms with Gasteiger partial charge < -0.3 is 4.74 Å². The van der Waals surface area contributed by atoms with Crippen LogP contribution in [-0.2, 0) is 4.74 Å². The highest BCUT2D eigenvalue weighted by atomic mass is 35.5. The van der Waals surface area contributed by atoms with Crippen LogP contribution in [0.2, 0.25) is 0 Å². The Morgan fingerprint density at radius 1 is 0.714 bits per heavy atom. The van der Waals surface area contributed by atoms with Crippen molar-refractivity contribution in [3.8, 4) is 0 Å². The molecule has 0 aromatic heterocycles. The molecule has 0 amide bonds. The van der Waals surface area contributed by atoms with Gasteiger partial charge in [0.1, 0.15) is 36.8 Å². The summed E-state index contributed by atoms with van der Waals surface area (Å²) in [6.45, 7) is 0. The molecule has 9 heteroatoms. The summed E-state index contributed by atoms with van der Waals surface area (Å²) >= 11 is 5.66. The zero-order valence-corrected chi connectivity index (χ0v) is 16.1. The lowest BCUT2D eigenvalue weighted by atomic mass is 9.70. The molecule has 3 rings (SSSR count). The molecule has 1 nitrogen and oxygen atoms in total. The highest BCUT2D eigenvalue weighted by Crippen LogP contribution is 2.46. The SMILES string of the molecule is FC1CCC(C2C(F)CC(OC(F)(F)C3C(F)CC(Cl)CC3F)CC2F)CC1. The van der Waals surface area contributed by atoms with Crippen LogP contribution in [0.25, 0.3) is 0 Å². The van der Waals surface area contributed by atoms with E-state index < -0.39 is 86.0 Å². The van der Waals surface area contributed by atoms with Gasteiger partial charge in [-0.25, -0.2) is 22.0 Å². The fourth-order valence-electron chi connectivity index (χ4n) is 5.12. The number of ether oxygens (including phenoxy) is 1. The van der Waals surface area contributed by atoms with Crippen LogP contribution in [0, 0.1) is 17.8 Å². The average molecular weight is 439 g/mol. The summed E-state index contributed by atoms with van der Waals surface area (Å²) in [6, 6.07) is 0. The van der Waals surface area contributed by atoms with Crippen LogP contribution in [0.1, 0.15) is 51.4 Å². The molecule has 3 saturated carbocycles. The van der Waals surface area contributed by atoms with Gasteiger partial charge in [-0.1, -0.05) is 0 Å². The third-order valence-electron chi connectivity index (χ3n) is 6.51. The van der Waals surface area contributed by atoms with Crippen molar-refractivity contribution in [3.05, 3.63) is 0 Å². The lowest BCUT2D eigenvalue weighted by molar-refractivity contribution is -0.321. The Morgan fingerprint density at radius 2 is 1.21 bits per heavy atom. The number of halogens is 8. The molecule has 0 heterocycles.